The zero-order chi connectivity index (χ0) is 15.3. The Balaban J connectivity index is 2.05. The van der Waals surface area contributed by atoms with Crippen LogP contribution in [0.4, 0.5) is 0 Å². The van der Waals surface area contributed by atoms with Gasteiger partial charge in [-0.25, -0.2) is 0 Å². The highest BCUT2D eigenvalue weighted by molar-refractivity contribution is 6.01. The molecule has 2 aromatic carbocycles. The van der Waals surface area contributed by atoms with Gasteiger partial charge in [0.15, 0.2) is 0 Å². The van der Waals surface area contributed by atoms with E-state index in [1.165, 1.54) is 5.56 Å². The van der Waals surface area contributed by atoms with E-state index in [-0.39, 0.29) is 5.91 Å². The lowest BCUT2D eigenvalue weighted by Crippen LogP contribution is -2.51. The molecule has 0 aliphatic carbocycles. The van der Waals surface area contributed by atoms with Crippen molar-refractivity contribution < 1.29 is 4.79 Å². The van der Waals surface area contributed by atoms with Gasteiger partial charge in [-0.2, -0.15) is 0 Å². The monoisotopic (exact) mass is 292 g/mol. The lowest BCUT2D eigenvalue weighted by atomic mass is 9.89. The predicted octanol–water partition coefficient (Wildman–Crippen LogP) is 3.07. The van der Waals surface area contributed by atoms with Crippen molar-refractivity contribution in [2.24, 2.45) is 0 Å². The van der Waals surface area contributed by atoms with E-state index in [0.29, 0.717) is 6.04 Å². The van der Waals surface area contributed by atoms with Crippen LogP contribution in [0.15, 0.2) is 54.6 Å². The van der Waals surface area contributed by atoms with Gasteiger partial charge in [-0.05, 0) is 25.5 Å². The third-order valence-electron chi connectivity index (χ3n) is 4.95. The number of hydrogen-bond acceptors (Lipinski definition) is 2. The van der Waals surface area contributed by atoms with E-state index in [0.717, 1.165) is 24.2 Å². The van der Waals surface area contributed by atoms with Crippen molar-refractivity contribution in [2.45, 2.75) is 25.6 Å². The first-order valence-corrected chi connectivity index (χ1v) is 7.91. The van der Waals surface area contributed by atoms with Crippen LogP contribution in [0.3, 0.4) is 0 Å². The highest BCUT2D eigenvalue weighted by Crippen LogP contribution is 2.50. The molecule has 0 saturated carbocycles. The second kappa shape index (κ2) is 4.68. The molecule has 2 aliphatic heterocycles. The van der Waals surface area contributed by atoms with Crippen molar-refractivity contribution >= 4 is 5.91 Å². The summed E-state index contributed by atoms with van der Waals surface area (Å²) < 4.78 is 0. The molecule has 2 aromatic rings. The van der Waals surface area contributed by atoms with Gasteiger partial charge in [0.2, 0.25) is 0 Å². The summed E-state index contributed by atoms with van der Waals surface area (Å²) in [5.41, 5.74) is 2.71. The topological polar surface area (TPSA) is 23.6 Å². The lowest BCUT2D eigenvalue weighted by molar-refractivity contribution is 0.0346. The van der Waals surface area contributed by atoms with Gasteiger partial charge in [0, 0.05) is 30.3 Å². The molecular weight excluding hydrogens is 272 g/mol. The Labute approximate surface area is 131 Å². The molecular formula is C19H20N2O. The summed E-state index contributed by atoms with van der Waals surface area (Å²) >= 11 is 0. The number of amides is 1. The fraction of sp³-hybridized carbons (Fsp3) is 0.316. The molecule has 0 bridgehead atoms. The van der Waals surface area contributed by atoms with E-state index in [1.54, 1.807) is 0 Å². The summed E-state index contributed by atoms with van der Waals surface area (Å²) in [4.78, 5) is 17.4. The van der Waals surface area contributed by atoms with Gasteiger partial charge in [0.25, 0.3) is 5.91 Å². The number of hydrogen-bond donors (Lipinski definition) is 0. The lowest BCUT2D eigenvalue weighted by Gasteiger charge is -2.42. The summed E-state index contributed by atoms with van der Waals surface area (Å²) in [6, 6.07) is 18.9. The maximum atomic E-state index is 12.9. The van der Waals surface area contributed by atoms with Crippen LogP contribution in [0.1, 0.15) is 35.3 Å². The molecule has 1 amide bonds. The molecule has 2 heterocycles. The molecule has 22 heavy (non-hydrogen) atoms. The minimum absolute atomic E-state index is 0.155. The zero-order valence-electron chi connectivity index (χ0n) is 13.0. The van der Waals surface area contributed by atoms with Crippen LogP contribution >= 0.6 is 0 Å². The number of nitrogens with zero attached hydrogens (tertiary/aromatic N) is 2. The van der Waals surface area contributed by atoms with Crippen molar-refractivity contribution in [3.63, 3.8) is 0 Å². The molecule has 1 saturated heterocycles. The molecule has 0 N–H and O–H groups in total. The molecule has 1 fully saturated rings. The van der Waals surface area contributed by atoms with Crippen molar-refractivity contribution in [2.75, 3.05) is 13.1 Å². The first-order chi connectivity index (χ1) is 10.7. The van der Waals surface area contributed by atoms with Gasteiger partial charge in [-0.1, -0.05) is 48.5 Å². The third-order valence-corrected chi connectivity index (χ3v) is 4.95. The number of rotatable bonds is 2. The normalized spacial score (nSPS) is 24.0. The Bertz CT molecular complexity index is 725. The summed E-state index contributed by atoms with van der Waals surface area (Å²) in [7, 11) is 0. The van der Waals surface area contributed by atoms with Crippen molar-refractivity contribution in [3.05, 3.63) is 71.3 Å². The number of carbonyl (C=O) groups excluding carboxylic acids is 1. The van der Waals surface area contributed by atoms with Gasteiger partial charge >= 0.3 is 0 Å². The van der Waals surface area contributed by atoms with Gasteiger partial charge in [-0.15, -0.1) is 0 Å². The van der Waals surface area contributed by atoms with Gasteiger partial charge in [-0.3, -0.25) is 9.69 Å². The SMILES string of the molecule is CC(C)N1CCN2C(=O)c3ccccc3C21c1ccccc1. The van der Waals surface area contributed by atoms with Crippen LogP contribution in [0.25, 0.3) is 0 Å². The fourth-order valence-electron chi connectivity index (χ4n) is 4.13. The predicted molar refractivity (Wildman–Crippen MR) is 86.5 cm³/mol. The quantitative estimate of drug-likeness (QED) is 0.849. The van der Waals surface area contributed by atoms with Crippen molar-refractivity contribution in [1.29, 1.82) is 0 Å². The summed E-state index contributed by atoms with van der Waals surface area (Å²) in [6.07, 6.45) is 0. The standard InChI is InChI=1S/C19H20N2O/c1-14(2)20-12-13-21-18(22)16-10-6-7-11-17(16)19(20,21)15-8-4-3-5-9-15/h3-11,14H,12-13H2,1-2H3. The first kappa shape index (κ1) is 13.5. The molecule has 2 aliphatic rings. The van der Waals surface area contributed by atoms with Crippen LogP contribution in [0, 0.1) is 0 Å². The molecule has 112 valence electrons. The smallest absolute Gasteiger partial charge is 0.256 e. The van der Waals surface area contributed by atoms with Crippen LogP contribution in [0.5, 0.6) is 0 Å². The van der Waals surface area contributed by atoms with Crippen molar-refractivity contribution in [3.8, 4) is 0 Å². The van der Waals surface area contributed by atoms with Gasteiger partial charge in [0.05, 0.1) is 0 Å². The molecule has 3 nitrogen and oxygen atoms in total. The van der Waals surface area contributed by atoms with Crippen LogP contribution in [-0.4, -0.2) is 34.8 Å². The first-order valence-electron chi connectivity index (χ1n) is 7.91. The van der Waals surface area contributed by atoms with Crippen molar-refractivity contribution in [1.82, 2.24) is 9.80 Å². The highest BCUT2D eigenvalue weighted by Gasteiger charge is 2.58. The number of carbonyl (C=O) groups is 1. The molecule has 4 rings (SSSR count). The Kier molecular flexibility index (Phi) is 2.88. The van der Waals surface area contributed by atoms with Crippen LogP contribution in [0.2, 0.25) is 0 Å². The minimum Gasteiger partial charge on any atom is -0.311 e. The van der Waals surface area contributed by atoms with Gasteiger partial charge < -0.3 is 4.90 Å². The van der Waals surface area contributed by atoms with E-state index in [1.807, 2.05) is 29.2 Å². The average Bonchev–Trinajstić information content (AvgIpc) is 3.05. The van der Waals surface area contributed by atoms with E-state index in [4.69, 9.17) is 0 Å². The summed E-state index contributed by atoms with van der Waals surface area (Å²) in [5, 5.41) is 0. The molecule has 0 spiro atoms. The fourth-order valence-corrected chi connectivity index (χ4v) is 4.13. The number of benzene rings is 2. The van der Waals surface area contributed by atoms with Crippen LogP contribution in [-0.2, 0) is 5.66 Å². The van der Waals surface area contributed by atoms with E-state index >= 15 is 0 Å². The molecule has 0 aromatic heterocycles. The zero-order valence-corrected chi connectivity index (χ0v) is 13.0. The maximum Gasteiger partial charge on any atom is 0.256 e. The third kappa shape index (κ3) is 1.52. The molecule has 1 atom stereocenters. The highest BCUT2D eigenvalue weighted by atomic mass is 16.2. The largest absolute Gasteiger partial charge is 0.311 e. The van der Waals surface area contributed by atoms with E-state index in [9.17, 15) is 4.79 Å². The Morgan fingerprint density at radius 2 is 1.64 bits per heavy atom. The van der Waals surface area contributed by atoms with Crippen LogP contribution < -0.4 is 0 Å². The van der Waals surface area contributed by atoms with E-state index in [2.05, 4.69) is 49.1 Å². The Morgan fingerprint density at radius 3 is 2.36 bits per heavy atom. The van der Waals surface area contributed by atoms with E-state index < -0.39 is 5.66 Å². The van der Waals surface area contributed by atoms with Gasteiger partial charge in [0.1, 0.15) is 5.66 Å². The minimum atomic E-state index is -0.441. The average molecular weight is 292 g/mol. The molecule has 1 unspecified atom stereocenters. The second-order valence-electron chi connectivity index (χ2n) is 6.33. The summed E-state index contributed by atoms with van der Waals surface area (Å²) in [5.74, 6) is 0.155. The second-order valence-corrected chi connectivity index (χ2v) is 6.33. The summed E-state index contributed by atoms with van der Waals surface area (Å²) in [6.45, 7) is 6.10. The Hall–Kier alpha value is -2.13. The molecule has 3 heteroatoms. The maximum absolute atomic E-state index is 12.9. The Morgan fingerprint density at radius 1 is 0.955 bits per heavy atom. The number of fused-ring (bicyclic) bond motifs is 3. The molecule has 0 radical (unpaired) electrons.